The molecule has 2 nitrogen and oxygen atoms in total. The van der Waals surface area contributed by atoms with Crippen LogP contribution in [0.1, 0.15) is 51.9 Å². The van der Waals surface area contributed by atoms with Crippen LogP contribution in [0.2, 0.25) is 0 Å². The van der Waals surface area contributed by atoms with Crippen molar-refractivity contribution in [3.05, 3.63) is 0 Å². The van der Waals surface area contributed by atoms with Gasteiger partial charge in [-0.15, -0.1) is 0 Å². The number of ether oxygens (including phenoxy) is 1. The summed E-state index contributed by atoms with van der Waals surface area (Å²) in [6.07, 6.45) is 10.2. The fourth-order valence-electron chi connectivity index (χ4n) is 2.92. The lowest BCUT2D eigenvalue weighted by atomic mass is 9.84. The summed E-state index contributed by atoms with van der Waals surface area (Å²) < 4.78 is 5.63. The van der Waals surface area contributed by atoms with Gasteiger partial charge in [0.1, 0.15) is 0 Å². The Hall–Kier alpha value is -0.0800. The minimum atomic E-state index is 0.496. The summed E-state index contributed by atoms with van der Waals surface area (Å²) in [5, 5.41) is 3.67. The van der Waals surface area contributed by atoms with Crippen LogP contribution < -0.4 is 5.32 Å². The Bertz CT molecular complexity index is 171. The first-order valence-corrected chi connectivity index (χ1v) is 6.71. The van der Waals surface area contributed by atoms with Crippen LogP contribution in [0.3, 0.4) is 0 Å². The molecule has 0 radical (unpaired) electrons. The molecule has 2 fully saturated rings. The van der Waals surface area contributed by atoms with Gasteiger partial charge in [-0.2, -0.15) is 0 Å². The maximum Gasteiger partial charge on any atom is 0.0700 e. The lowest BCUT2D eigenvalue weighted by Crippen LogP contribution is -2.39. The second-order valence-corrected chi connectivity index (χ2v) is 5.23. The largest absolute Gasteiger partial charge is 0.377 e. The molecular formula is C13H25NO. The van der Waals surface area contributed by atoms with Crippen LogP contribution in [0.4, 0.5) is 0 Å². The highest BCUT2D eigenvalue weighted by Crippen LogP contribution is 2.26. The summed E-state index contributed by atoms with van der Waals surface area (Å²) in [6, 6.07) is 0.689. The lowest BCUT2D eigenvalue weighted by Gasteiger charge is -2.29. The highest BCUT2D eigenvalue weighted by molar-refractivity contribution is 4.78. The summed E-state index contributed by atoms with van der Waals surface area (Å²) in [7, 11) is 0. The number of rotatable bonds is 4. The van der Waals surface area contributed by atoms with Crippen molar-refractivity contribution in [1.82, 2.24) is 5.32 Å². The van der Waals surface area contributed by atoms with Gasteiger partial charge < -0.3 is 10.1 Å². The molecule has 0 aromatic heterocycles. The molecule has 1 saturated carbocycles. The van der Waals surface area contributed by atoms with Gasteiger partial charge in [-0.05, 0) is 38.5 Å². The van der Waals surface area contributed by atoms with E-state index in [1.165, 1.54) is 44.9 Å². The van der Waals surface area contributed by atoms with Gasteiger partial charge in [0.05, 0.1) is 6.10 Å². The number of hydrogen-bond donors (Lipinski definition) is 1. The molecule has 0 spiro atoms. The monoisotopic (exact) mass is 211 g/mol. The fraction of sp³-hybridized carbons (Fsp3) is 1.00. The molecule has 15 heavy (non-hydrogen) atoms. The molecule has 1 aliphatic heterocycles. The lowest BCUT2D eigenvalue weighted by molar-refractivity contribution is 0.104. The maximum absolute atomic E-state index is 5.63. The van der Waals surface area contributed by atoms with Gasteiger partial charge in [0, 0.05) is 19.2 Å². The molecule has 88 valence electrons. The van der Waals surface area contributed by atoms with Gasteiger partial charge in [0.25, 0.3) is 0 Å². The van der Waals surface area contributed by atoms with Crippen molar-refractivity contribution in [1.29, 1.82) is 0 Å². The molecule has 1 heterocycles. The summed E-state index contributed by atoms with van der Waals surface area (Å²) in [4.78, 5) is 0. The quantitative estimate of drug-likeness (QED) is 0.772. The van der Waals surface area contributed by atoms with E-state index in [4.69, 9.17) is 4.74 Å². The van der Waals surface area contributed by atoms with Crippen molar-refractivity contribution in [2.45, 2.75) is 64.0 Å². The average molecular weight is 211 g/mol. The van der Waals surface area contributed by atoms with Crippen LogP contribution in [-0.2, 0) is 4.74 Å². The molecule has 2 heteroatoms. The van der Waals surface area contributed by atoms with Crippen molar-refractivity contribution in [3.8, 4) is 0 Å². The molecule has 1 aliphatic carbocycles. The minimum Gasteiger partial charge on any atom is -0.377 e. The van der Waals surface area contributed by atoms with Crippen LogP contribution in [-0.4, -0.2) is 25.3 Å². The van der Waals surface area contributed by atoms with Crippen LogP contribution in [0, 0.1) is 5.92 Å². The van der Waals surface area contributed by atoms with Crippen LogP contribution in [0.5, 0.6) is 0 Å². The van der Waals surface area contributed by atoms with Crippen molar-refractivity contribution in [2.24, 2.45) is 5.92 Å². The van der Waals surface area contributed by atoms with Gasteiger partial charge in [0.2, 0.25) is 0 Å². The number of hydrogen-bond acceptors (Lipinski definition) is 2. The van der Waals surface area contributed by atoms with E-state index < -0.39 is 0 Å². The first-order valence-electron chi connectivity index (χ1n) is 6.71. The van der Waals surface area contributed by atoms with E-state index >= 15 is 0 Å². The molecule has 0 amide bonds. The molecule has 1 saturated heterocycles. The molecule has 0 bridgehead atoms. The Labute approximate surface area is 93.8 Å². The topological polar surface area (TPSA) is 21.3 Å². The van der Waals surface area contributed by atoms with Crippen LogP contribution in [0.25, 0.3) is 0 Å². The van der Waals surface area contributed by atoms with E-state index in [1.54, 1.807) is 0 Å². The van der Waals surface area contributed by atoms with Crippen molar-refractivity contribution in [3.63, 3.8) is 0 Å². The van der Waals surface area contributed by atoms with E-state index in [2.05, 4.69) is 12.2 Å². The normalized spacial score (nSPS) is 30.6. The Morgan fingerprint density at radius 3 is 2.60 bits per heavy atom. The van der Waals surface area contributed by atoms with Crippen LogP contribution in [0.15, 0.2) is 0 Å². The minimum absolute atomic E-state index is 0.496. The second kappa shape index (κ2) is 5.86. The SMILES string of the molecule is C[C@@H](NC[C@@H]1CCCO1)C1CCCCC1. The van der Waals surface area contributed by atoms with E-state index in [1.807, 2.05) is 0 Å². The molecule has 2 aliphatic rings. The Kier molecular flexibility index (Phi) is 4.45. The molecule has 0 unspecified atom stereocenters. The van der Waals surface area contributed by atoms with E-state index in [0.29, 0.717) is 12.1 Å². The smallest absolute Gasteiger partial charge is 0.0700 e. The van der Waals surface area contributed by atoms with Gasteiger partial charge in [0.15, 0.2) is 0 Å². The first-order chi connectivity index (χ1) is 7.36. The summed E-state index contributed by atoms with van der Waals surface area (Å²) >= 11 is 0. The Morgan fingerprint density at radius 2 is 1.93 bits per heavy atom. The summed E-state index contributed by atoms with van der Waals surface area (Å²) in [5.74, 6) is 0.917. The third-order valence-corrected chi connectivity index (χ3v) is 4.05. The predicted molar refractivity (Wildman–Crippen MR) is 63.0 cm³/mol. The van der Waals surface area contributed by atoms with Crippen molar-refractivity contribution in [2.75, 3.05) is 13.2 Å². The molecule has 2 atom stereocenters. The third-order valence-electron chi connectivity index (χ3n) is 4.05. The predicted octanol–water partition coefficient (Wildman–Crippen LogP) is 2.72. The van der Waals surface area contributed by atoms with E-state index in [9.17, 15) is 0 Å². The standard InChI is InChI=1S/C13H25NO/c1-11(12-6-3-2-4-7-12)14-10-13-8-5-9-15-13/h11-14H,2-10H2,1H3/t11-,13+/m1/s1. The second-order valence-electron chi connectivity index (χ2n) is 5.23. The fourth-order valence-corrected chi connectivity index (χ4v) is 2.92. The molecule has 0 aromatic rings. The first kappa shape index (κ1) is 11.4. The van der Waals surface area contributed by atoms with Gasteiger partial charge in [-0.25, -0.2) is 0 Å². The molecule has 1 N–H and O–H groups in total. The summed E-state index contributed by atoms with van der Waals surface area (Å²) in [6.45, 7) is 4.40. The van der Waals surface area contributed by atoms with Crippen molar-refractivity contribution < 1.29 is 4.74 Å². The van der Waals surface area contributed by atoms with E-state index in [-0.39, 0.29) is 0 Å². The van der Waals surface area contributed by atoms with E-state index in [0.717, 1.165) is 19.1 Å². The van der Waals surface area contributed by atoms with Gasteiger partial charge in [-0.3, -0.25) is 0 Å². The average Bonchev–Trinajstić information content (AvgIpc) is 2.80. The Morgan fingerprint density at radius 1 is 1.13 bits per heavy atom. The van der Waals surface area contributed by atoms with Crippen molar-refractivity contribution >= 4 is 0 Å². The third kappa shape index (κ3) is 3.46. The zero-order valence-electron chi connectivity index (χ0n) is 10.0. The highest BCUT2D eigenvalue weighted by Gasteiger charge is 2.21. The molecule has 0 aromatic carbocycles. The Balaban J connectivity index is 1.64. The zero-order chi connectivity index (χ0) is 10.5. The molecule has 2 rings (SSSR count). The summed E-state index contributed by atoms with van der Waals surface area (Å²) in [5.41, 5.74) is 0. The molecular weight excluding hydrogens is 186 g/mol. The maximum atomic E-state index is 5.63. The highest BCUT2D eigenvalue weighted by atomic mass is 16.5. The zero-order valence-corrected chi connectivity index (χ0v) is 10.0. The van der Waals surface area contributed by atoms with Gasteiger partial charge >= 0.3 is 0 Å². The van der Waals surface area contributed by atoms with Crippen LogP contribution >= 0.6 is 0 Å². The van der Waals surface area contributed by atoms with Gasteiger partial charge in [-0.1, -0.05) is 19.3 Å². The number of nitrogens with one attached hydrogen (secondary N) is 1.